The van der Waals surface area contributed by atoms with E-state index in [-0.39, 0.29) is 5.91 Å². The van der Waals surface area contributed by atoms with Crippen LogP contribution in [0.4, 0.5) is 0 Å². The van der Waals surface area contributed by atoms with Gasteiger partial charge in [-0.3, -0.25) is 4.79 Å². The Morgan fingerprint density at radius 2 is 1.67 bits per heavy atom. The van der Waals surface area contributed by atoms with E-state index < -0.39 is 0 Å². The Balaban J connectivity index is 2.11. The van der Waals surface area contributed by atoms with Crippen LogP contribution in [-0.4, -0.2) is 29.9 Å². The molecule has 5 nitrogen and oxygen atoms in total. The van der Waals surface area contributed by atoms with E-state index in [4.69, 9.17) is 9.47 Å². The van der Waals surface area contributed by atoms with Gasteiger partial charge in [-0.05, 0) is 50.5 Å². The van der Waals surface area contributed by atoms with Crippen LogP contribution in [0.5, 0.6) is 11.5 Å². The fourth-order valence-electron chi connectivity index (χ4n) is 3.41. The van der Waals surface area contributed by atoms with Crippen LogP contribution in [0, 0.1) is 13.8 Å². The molecule has 148 valence electrons. The first-order valence-electron chi connectivity index (χ1n) is 9.85. The molecule has 1 aromatic carbocycles. The first-order chi connectivity index (χ1) is 13.0. The summed E-state index contributed by atoms with van der Waals surface area (Å²) in [5.41, 5.74) is 3.60. The van der Waals surface area contributed by atoms with Crippen molar-refractivity contribution in [2.45, 2.75) is 65.7 Å². The first-order valence-corrected chi connectivity index (χ1v) is 9.85. The molecule has 2 rings (SSSR count). The molecular formula is C22H32N2O3. The maximum absolute atomic E-state index is 13.0. The zero-order valence-corrected chi connectivity index (χ0v) is 17.3. The molecule has 1 heterocycles. The summed E-state index contributed by atoms with van der Waals surface area (Å²) < 4.78 is 12.1. The zero-order chi connectivity index (χ0) is 19.8. The van der Waals surface area contributed by atoms with Gasteiger partial charge >= 0.3 is 0 Å². The van der Waals surface area contributed by atoms with Gasteiger partial charge in [0.1, 0.15) is 0 Å². The largest absolute Gasteiger partial charge is 0.493 e. The molecule has 0 saturated carbocycles. The SMILES string of the molecule is CCCCCCCCc1c(C)nn(C(=O)c2ccc(OC)c(OC)c2)c1C. The number of carbonyl (C=O) groups excluding carboxylic acids is 1. The fourth-order valence-corrected chi connectivity index (χ4v) is 3.41. The molecule has 1 aromatic heterocycles. The molecule has 2 aromatic rings. The number of benzene rings is 1. The summed E-state index contributed by atoms with van der Waals surface area (Å²) in [6.07, 6.45) is 8.52. The van der Waals surface area contributed by atoms with Crippen molar-refractivity contribution in [3.8, 4) is 11.5 Å². The molecule has 0 bridgehead atoms. The van der Waals surface area contributed by atoms with Crippen LogP contribution in [0.2, 0.25) is 0 Å². The topological polar surface area (TPSA) is 53.4 Å². The van der Waals surface area contributed by atoms with Crippen molar-refractivity contribution in [1.29, 1.82) is 0 Å². The lowest BCUT2D eigenvalue weighted by atomic mass is 10.0. The standard InChI is InChI=1S/C22H32N2O3/c1-6-7-8-9-10-11-12-19-16(2)23-24(17(19)3)22(25)18-13-14-20(26-4)21(15-18)27-5/h13-15H,6-12H2,1-5H3. The highest BCUT2D eigenvalue weighted by atomic mass is 16.5. The van der Waals surface area contributed by atoms with Gasteiger partial charge in [0.25, 0.3) is 5.91 Å². The Labute approximate surface area is 162 Å². The molecule has 0 aliphatic heterocycles. The minimum Gasteiger partial charge on any atom is -0.493 e. The van der Waals surface area contributed by atoms with E-state index in [1.807, 2.05) is 13.8 Å². The fraction of sp³-hybridized carbons (Fsp3) is 0.545. The normalized spacial score (nSPS) is 10.9. The van der Waals surface area contributed by atoms with E-state index >= 15 is 0 Å². The Morgan fingerprint density at radius 1 is 1.00 bits per heavy atom. The van der Waals surface area contributed by atoms with Crippen LogP contribution < -0.4 is 9.47 Å². The van der Waals surface area contributed by atoms with Crippen LogP contribution in [-0.2, 0) is 6.42 Å². The third-order valence-electron chi connectivity index (χ3n) is 5.04. The molecule has 0 unspecified atom stereocenters. The number of aryl methyl sites for hydroxylation is 1. The predicted molar refractivity (Wildman–Crippen MR) is 108 cm³/mol. The van der Waals surface area contributed by atoms with E-state index in [1.54, 1.807) is 32.4 Å². The lowest BCUT2D eigenvalue weighted by molar-refractivity contribution is 0.0942. The summed E-state index contributed by atoms with van der Waals surface area (Å²) in [6.45, 7) is 6.19. The molecule has 0 spiro atoms. The highest BCUT2D eigenvalue weighted by molar-refractivity contribution is 5.96. The number of carbonyl (C=O) groups is 1. The van der Waals surface area contributed by atoms with Gasteiger partial charge in [0, 0.05) is 11.3 Å². The van der Waals surface area contributed by atoms with E-state index in [2.05, 4.69) is 12.0 Å². The van der Waals surface area contributed by atoms with Crippen LogP contribution in [0.25, 0.3) is 0 Å². The average molecular weight is 373 g/mol. The Bertz CT molecular complexity index is 765. The van der Waals surface area contributed by atoms with Gasteiger partial charge in [0.05, 0.1) is 19.9 Å². The second kappa shape index (κ2) is 10.1. The van der Waals surface area contributed by atoms with Crippen LogP contribution in [0.15, 0.2) is 18.2 Å². The van der Waals surface area contributed by atoms with Crippen LogP contribution in [0.3, 0.4) is 0 Å². The Kier molecular flexibility index (Phi) is 7.89. The predicted octanol–water partition coefficient (Wildman–Crippen LogP) is 5.11. The smallest absolute Gasteiger partial charge is 0.278 e. The van der Waals surface area contributed by atoms with Gasteiger partial charge in [0.2, 0.25) is 0 Å². The number of hydrogen-bond acceptors (Lipinski definition) is 4. The molecule has 0 saturated heterocycles. The molecule has 0 aliphatic rings. The molecule has 5 heteroatoms. The molecule has 27 heavy (non-hydrogen) atoms. The second-order valence-corrected chi connectivity index (χ2v) is 6.95. The number of aromatic nitrogens is 2. The van der Waals surface area contributed by atoms with Crippen molar-refractivity contribution < 1.29 is 14.3 Å². The molecule has 0 amide bonds. The number of hydrogen-bond donors (Lipinski definition) is 0. The van der Waals surface area contributed by atoms with Crippen molar-refractivity contribution in [3.63, 3.8) is 0 Å². The average Bonchev–Trinajstić information content (AvgIpc) is 2.97. The highest BCUT2D eigenvalue weighted by Gasteiger charge is 2.19. The Morgan fingerprint density at radius 3 is 2.33 bits per heavy atom. The zero-order valence-electron chi connectivity index (χ0n) is 17.3. The monoisotopic (exact) mass is 372 g/mol. The van der Waals surface area contributed by atoms with Crippen LogP contribution in [0.1, 0.15) is 72.8 Å². The second-order valence-electron chi connectivity index (χ2n) is 6.95. The first kappa shape index (κ1) is 21.0. The van der Waals surface area contributed by atoms with Crippen LogP contribution >= 0.6 is 0 Å². The number of nitrogens with zero attached hydrogens (tertiary/aromatic N) is 2. The van der Waals surface area contributed by atoms with Gasteiger partial charge in [-0.1, -0.05) is 39.0 Å². The van der Waals surface area contributed by atoms with E-state index in [1.165, 1.54) is 42.3 Å². The number of methoxy groups -OCH3 is 2. The summed E-state index contributed by atoms with van der Waals surface area (Å²) in [5.74, 6) is 0.995. The third-order valence-corrected chi connectivity index (χ3v) is 5.04. The maximum Gasteiger partial charge on any atom is 0.278 e. The van der Waals surface area contributed by atoms with Crippen molar-refractivity contribution in [1.82, 2.24) is 9.78 Å². The maximum atomic E-state index is 13.0. The Hall–Kier alpha value is -2.30. The van der Waals surface area contributed by atoms with Gasteiger partial charge in [0.15, 0.2) is 11.5 Å². The van der Waals surface area contributed by atoms with E-state index in [0.29, 0.717) is 17.1 Å². The van der Waals surface area contributed by atoms with E-state index in [9.17, 15) is 4.79 Å². The lowest BCUT2D eigenvalue weighted by Crippen LogP contribution is -2.15. The van der Waals surface area contributed by atoms with Gasteiger partial charge < -0.3 is 9.47 Å². The van der Waals surface area contributed by atoms with Gasteiger partial charge in [-0.25, -0.2) is 4.68 Å². The van der Waals surface area contributed by atoms with Crippen molar-refractivity contribution >= 4 is 5.91 Å². The summed E-state index contributed by atoms with van der Waals surface area (Å²) >= 11 is 0. The molecule has 0 atom stereocenters. The minimum absolute atomic E-state index is 0.147. The number of rotatable bonds is 10. The summed E-state index contributed by atoms with van der Waals surface area (Å²) in [4.78, 5) is 13.0. The lowest BCUT2D eigenvalue weighted by Gasteiger charge is -2.10. The molecule has 0 N–H and O–H groups in total. The van der Waals surface area contributed by atoms with Crippen molar-refractivity contribution in [3.05, 3.63) is 40.7 Å². The minimum atomic E-state index is -0.147. The van der Waals surface area contributed by atoms with Gasteiger partial charge in [-0.2, -0.15) is 5.10 Å². The quantitative estimate of drug-likeness (QED) is 0.544. The van der Waals surface area contributed by atoms with Crippen molar-refractivity contribution in [2.75, 3.05) is 14.2 Å². The number of unbranched alkanes of at least 4 members (excludes halogenated alkanes) is 5. The van der Waals surface area contributed by atoms with Gasteiger partial charge in [-0.15, -0.1) is 0 Å². The number of ether oxygens (including phenoxy) is 2. The molecule has 0 radical (unpaired) electrons. The third kappa shape index (κ3) is 5.12. The highest BCUT2D eigenvalue weighted by Crippen LogP contribution is 2.28. The van der Waals surface area contributed by atoms with Crippen molar-refractivity contribution in [2.24, 2.45) is 0 Å². The van der Waals surface area contributed by atoms with E-state index in [0.717, 1.165) is 24.2 Å². The summed E-state index contributed by atoms with van der Waals surface area (Å²) in [5, 5.41) is 4.51. The molecular weight excluding hydrogens is 340 g/mol. The summed E-state index contributed by atoms with van der Waals surface area (Å²) in [7, 11) is 3.14. The summed E-state index contributed by atoms with van der Waals surface area (Å²) in [6, 6.07) is 5.19. The molecule has 0 fully saturated rings. The molecule has 0 aliphatic carbocycles.